The number of para-hydroxylation sites is 1. The highest BCUT2D eigenvalue weighted by molar-refractivity contribution is 5.71. The Hall–Kier alpha value is -2.57. The van der Waals surface area contributed by atoms with Gasteiger partial charge in [0.25, 0.3) is 0 Å². The lowest BCUT2D eigenvalue weighted by atomic mass is 10.2. The van der Waals surface area contributed by atoms with Crippen LogP contribution in [0, 0.1) is 0 Å². The van der Waals surface area contributed by atoms with Crippen molar-refractivity contribution < 1.29 is 14.1 Å². The highest BCUT2D eigenvalue weighted by Gasteiger charge is 2.17. The van der Waals surface area contributed by atoms with Crippen molar-refractivity contribution in [3.63, 3.8) is 0 Å². The molecule has 1 aromatic carbocycles. The summed E-state index contributed by atoms with van der Waals surface area (Å²) in [6, 6.07) is 7.21. The zero-order chi connectivity index (χ0) is 15.5. The van der Waals surface area contributed by atoms with Crippen LogP contribution in [0.1, 0.15) is 26.7 Å². The van der Waals surface area contributed by atoms with Crippen LogP contribution in [0.25, 0.3) is 11.4 Å². The number of alkyl carbamates (subject to hydrolysis) is 1. The summed E-state index contributed by atoms with van der Waals surface area (Å²) < 4.78 is 10.2. The Morgan fingerprint density at radius 2 is 2.10 bits per heavy atom. The van der Waals surface area contributed by atoms with Crippen molar-refractivity contribution in [2.24, 2.45) is 0 Å². The molecule has 1 aromatic heterocycles. The van der Waals surface area contributed by atoms with Gasteiger partial charge in [-0.1, -0.05) is 17.3 Å². The lowest BCUT2D eigenvalue weighted by Crippen LogP contribution is -2.32. The van der Waals surface area contributed by atoms with E-state index in [0.717, 1.165) is 0 Å². The quantitative estimate of drug-likeness (QED) is 0.841. The average molecular weight is 290 g/mol. The summed E-state index contributed by atoms with van der Waals surface area (Å²) in [5.74, 6) is 0.660. The van der Waals surface area contributed by atoms with Gasteiger partial charge in [0.15, 0.2) is 0 Å². The molecule has 3 N–H and O–H groups in total. The van der Waals surface area contributed by atoms with Crippen LogP contribution >= 0.6 is 0 Å². The lowest BCUT2D eigenvalue weighted by Gasteiger charge is -2.19. The third-order valence-corrected chi connectivity index (χ3v) is 2.45. The molecule has 0 fully saturated rings. The molecule has 0 unspecified atom stereocenters. The van der Waals surface area contributed by atoms with Gasteiger partial charge in [-0.05, 0) is 32.9 Å². The topological polar surface area (TPSA) is 103 Å². The number of rotatable bonds is 3. The second-order valence-electron chi connectivity index (χ2n) is 5.45. The summed E-state index contributed by atoms with van der Waals surface area (Å²) in [6.45, 7) is 5.45. The molecule has 1 heterocycles. The first-order chi connectivity index (χ1) is 9.85. The minimum absolute atomic E-state index is 0.0919. The predicted octanol–water partition coefficient (Wildman–Crippen LogP) is 2.34. The molecule has 0 aliphatic carbocycles. The number of hydrogen-bond acceptors (Lipinski definition) is 6. The second kappa shape index (κ2) is 5.82. The number of aromatic nitrogens is 2. The van der Waals surface area contributed by atoms with Gasteiger partial charge >= 0.3 is 6.09 Å². The molecule has 0 bridgehead atoms. The van der Waals surface area contributed by atoms with Crippen molar-refractivity contribution in [2.75, 3.05) is 5.73 Å². The third-order valence-electron chi connectivity index (χ3n) is 2.45. The molecule has 0 spiro atoms. The van der Waals surface area contributed by atoms with Gasteiger partial charge in [0, 0.05) is 11.3 Å². The van der Waals surface area contributed by atoms with Gasteiger partial charge in [0.1, 0.15) is 12.1 Å². The molecule has 0 atom stereocenters. The molecule has 0 aliphatic rings. The fraction of sp³-hybridized carbons (Fsp3) is 0.357. The van der Waals surface area contributed by atoms with Crippen LogP contribution in [-0.2, 0) is 11.3 Å². The summed E-state index contributed by atoms with van der Waals surface area (Å²) in [6.07, 6.45) is -0.540. The molecular weight excluding hydrogens is 272 g/mol. The van der Waals surface area contributed by atoms with E-state index in [1.54, 1.807) is 32.9 Å². The number of hydrogen-bond donors (Lipinski definition) is 2. The zero-order valence-electron chi connectivity index (χ0n) is 12.2. The number of carbonyl (C=O) groups excluding carboxylic acids is 1. The van der Waals surface area contributed by atoms with Gasteiger partial charge in [-0.2, -0.15) is 4.98 Å². The molecule has 0 saturated carbocycles. The Kier molecular flexibility index (Phi) is 4.11. The second-order valence-corrected chi connectivity index (χ2v) is 5.45. The van der Waals surface area contributed by atoms with E-state index in [9.17, 15) is 4.79 Å². The summed E-state index contributed by atoms with van der Waals surface area (Å²) >= 11 is 0. The van der Waals surface area contributed by atoms with Gasteiger partial charge in [-0.25, -0.2) is 4.79 Å². The van der Waals surface area contributed by atoms with Gasteiger partial charge in [-0.3, -0.25) is 0 Å². The molecule has 7 heteroatoms. The van der Waals surface area contributed by atoms with Crippen LogP contribution in [0.4, 0.5) is 10.5 Å². The fourth-order valence-electron chi connectivity index (χ4n) is 1.60. The van der Waals surface area contributed by atoms with Crippen molar-refractivity contribution in [3.8, 4) is 11.4 Å². The van der Waals surface area contributed by atoms with Gasteiger partial charge in [-0.15, -0.1) is 0 Å². The first-order valence-electron chi connectivity index (χ1n) is 6.49. The number of ether oxygens (including phenoxy) is 1. The summed E-state index contributed by atoms with van der Waals surface area (Å²) in [5.41, 5.74) is 6.53. The highest BCUT2D eigenvalue weighted by Crippen LogP contribution is 2.22. The molecule has 21 heavy (non-hydrogen) atoms. The number of anilines is 1. The minimum Gasteiger partial charge on any atom is -0.444 e. The van der Waals surface area contributed by atoms with E-state index in [1.807, 2.05) is 12.1 Å². The molecule has 2 aromatic rings. The van der Waals surface area contributed by atoms with E-state index in [0.29, 0.717) is 17.1 Å². The maximum absolute atomic E-state index is 11.5. The smallest absolute Gasteiger partial charge is 0.408 e. The molecular formula is C14H18N4O3. The molecule has 0 aliphatic heterocycles. The van der Waals surface area contributed by atoms with E-state index >= 15 is 0 Å². The maximum atomic E-state index is 11.5. The largest absolute Gasteiger partial charge is 0.444 e. The van der Waals surface area contributed by atoms with E-state index in [4.69, 9.17) is 15.0 Å². The number of nitrogens with two attached hydrogens (primary N) is 1. The Balaban J connectivity index is 1.98. The van der Waals surface area contributed by atoms with Crippen LogP contribution in [0.5, 0.6) is 0 Å². The average Bonchev–Trinajstić information content (AvgIpc) is 2.83. The van der Waals surface area contributed by atoms with E-state index in [2.05, 4.69) is 15.5 Å². The Labute approximate surface area is 122 Å². The monoisotopic (exact) mass is 290 g/mol. The van der Waals surface area contributed by atoms with Crippen LogP contribution < -0.4 is 11.1 Å². The summed E-state index contributed by atoms with van der Waals surface area (Å²) in [4.78, 5) is 15.7. The first kappa shape index (κ1) is 14.8. The molecule has 2 rings (SSSR count). The van der Waals surface area contributed by atoms with Gasteiger partial charge < -0.3 is 20.3 Å². The third kappa shape index (κ3) is 4.20. The van der Waals surface area contributed by atoms with Crippen molar-refractivity contribution in [1.82, 2.24) is 15.5 Å². The Morgan fingerprint density at radius 3 is 2.76 bits per heavy atom. The number of amides is 1. The zero-order valence-corrected chi connectivity index (χ0v) is 12.2. The Bertz CT molecular complexity index is 631. The van der Waals surface area contributed by atoms with E-state index in [-0.39, 0.29) is 12.4 Å². The molecule has 1 amide bonds. The van der Waals surface area contributed by atoms with Crippen molar-refractivity contribution in [2.45, 2.75) is 32.9 Å². The normalized spacial score (nSPS) is 11.2. The van der Waals surface area contributed by atoms with Crippen LogP contribution in [0.3, 0.4) is 0 Å². The molecule has 112 valence electrons. The van der Waals surface area contributed by atoms with Crippen molar-refractivity contribution >= 4 is 11.8 Å². The first-order valence-corrected chi connectivity index (χ1v) is 6.49. The van der Waals surface area contributed by atoms with Crippen molar-refractivity contribution in [1.29, 1.82) is 0 Å². The maximum Gasteiger partial charge on any atom is 0.408 e. The number of nitrogen functional groups attached to an aromatic ring is 1. The number of carbonyl (C=O) groups is 1. The molecule has 0 radical (unpaired) electrons. The van der Waals surface area contributed by atoms with Crippen LogP contribution in [0.15, 0.2) is 28.8 Å². The minimum atomic E-state index is -0.553. The summed E-state index contributed by atoms with van der Waals surface area (Å²) in [7, 11) is 0. The van der Waals surface area contributed by atoms with Gasteiger partial charge in [0.2, 0.25) is 11.7 Å². The molecule has 0 saturated heterocycles. The van der Waals surface area contributed by atoms with E-state index < -0.39 is 11.7 Å². The van der Waals surface area contributed by atoms with Gasteiger partial charge in [0.05, 0.1) is 0 Å². The Morgan fingerprint density at radius 1 is 1.38 bits per heavy atom. The number of nitrogens with zero attached hydrogens (tertiary/aromatic N) is 2. The van der Waals surface area contributed by atoms with Crippen LogP contribution in [0.2, 0.25) is 0 Å². The lowest BCUT2D eigenvalue weighted by molar-refractivity contribution is 0.0518. The van der Waals surface area contributed by atoms with Crippen molar-refractivity contribution in [3.05, 3.63) is 30.2 Å². The van der Waals surface area contributed by atoms with Crippen LogP contribution in [-0.4, -0.2) is 21.8 Å². The predicted molar refractivity (Wildman–Crippen MR) is 77.2 cm³/mol. The fourth-order valence-corrected chi connectivity index (χ4v) is 1.60. The summed E-state index contributed by atoms with van der Waals surface area (Å²) in [5, 5.41) is 6.39. The molecule has 7 nitrogen and oxygen atoms in total. The number of nitrogens with one attached hydrogen (secondary N) is 1. The highest BCUT2D eigenvalue weighted by atomic mass is 16.6. The standard InChI is InChI=1S/C14H18N4O3/c1-14(2,3)20-13(19)16-8-11-17-12(18-21-11)9-6-4-5-7-10(9)15/h4-7H,8,15H2,1-3H3,(H,16,19). The SMILES string of the molecule is CC(C)(C)OC(=O)NCc1nc(-c2ccccc2N)no1. The number of benzene rings is 1. The van der Waals surface area contributed by atoms with E-state index in [1.165, 1.54) is 0 Å².